The van der Waals surface area contributed by atoms with Gasteiger partial charge in [-0.3, -0.25) is 14.4 Å². The zero-order valence-electron chi connectivity index (χ0n) is 21.7. The highest BCUT2D eigenvalue weighted by atomic mass is 16.7. The van der Waals surface area contributed by atoms with Gasteiger partial charge in [0.1, 0.15) is 23.5 Å². The average molecular weight is 519 g/mol. The fourth-order valence-electron chi connectivity index (χ4n) is 4.98. The van der Waals surface area contributed by atoms with Crippen molar-refractivity contribution in [2.75, 3.05) is 37.9 Å². The van der Waals surface area contributed by atoms with Gasteiger partial charge in [0, 0.05) is 11.6 Å². The standard InChI is InChI=1S/C29H30N2O7/c1-5-15-37-20-13-11-18(12-14-20)30-28(32)25-26(21-16-23(35-3)24(36-4)17-22(21)34-2)31(38-27(25)29(30)33)19-9-7-6-8-10-19/h6-14,16-17,25-27H,5,15H2,1-4H3. The third-order valence-corrected chi connectivity index (χ3v) is 6.75. The van der Waals surface area contributed by atoms with Crippen LogP contribution in [0.15, 0.2) is 66.7 Å². The van der Waals surface area contributed by atoms with Gasteiger partial charge in [0.25, 0.3) is 5.91 Å². The van der Waals surface area contributed by atoms with Crippen LogP contribution in [0.5, 0.6) is 23.0 Å². The Bertz CT molecular complexity index is 1310. The van der Waals surface area contributed by atoms with Gasteiger partial charge in [-0.05, 0) is 48.9 Å². The van der Waals surface area contributed by atoms with Crippen molar-refractivity contribution in [3.8, 4) is 23.0 Å². The Hall–Kier alpha value is -4.24. The molecule has 0 spiro atoms. The van der Waals surface area contributed by atoms with Crippen LogP contribution in [0.25, 0.3) is 0 Å². The molecule has 2 aliphatic rings. The van der Waals surface area contributed by atoms with Crippen LogP contribution in [0.3, 0.4) is 0 Å². The second-order valence-corrected chi connectivity index (χ2v) is 8.96. The Labute approximate surface area is 221 Å². The van der Waals surface area contributed by atoms with Crippen molar-refractivity contribution in [1.82, 2.24) is 0 Å². The molecule has 2 saturated heterocycles. The minimum Gasteiger partial charge on any atom is -0.496 e. The molecule has 5 rings (SSSR count). The number of methoxy groups -OCH3 is 3. The van der Waals surface area contributed by atoms with Crippen LogP contribution < -0.4 is 28.9 Å². The fraction of sp³-hybridized carbons (Fsp3) is 0.310. The summed E-state index contributed by atoms with van der Waals surface area (Å²) in [5, 5.41) is 1.62. The lowest BCUT2D eigenvalue weighted by atomic mass is 9.89. The molecule has 0 aromatic heterocycles. The van der Waals surface area contributed by atoms with Crippen LogP contribution in [-0.4, -0.2) is 45.9 Å². The maximum Gasteiger partial charge on any atom is 0.266 e. The van der Waals surface area contributed by atoms with E-state index in [0.717, 1.165) is 6.42 Å². The Morgan fingerprint density at radius 1 is 0.789 bits per heavy atom. The number of fused-ring (bicyclic) bond motifs is 1. The number of hydrogen-bond acceptors (Lipinski definition) is 8. The Balaban J connectivity index is 1.58. The van der Waals surface area contributed by atoms with Crippen LogP contribution >= 0.6 is 0 Å². The van der Waals surface area contributed by atoms with E-state index >= 15 is 0 Å². The number of hydrogen-bond donors (Lipinski definition) is 0. The number of carbonyl (C=O) groups is 2. The van der Waals surface area contributed by atoms with Crippen molar-refractivity contribution in [1.29, 1.82) is 0 Å². The number of carbonyl (C=O) groups excluding carboxylic acids is 2. The van der Waals surface area contributed by atoms with E-state index in [0.29, 0.717) is 46.5 Å². The summed E-state index contributed by atoms with van der Waals surface area (Å²) in [4.78, 5) is 35.0. The summed E-state index contributed by atoms with van der Waals surface area (Å²) < 4.78 is 22.4. The van der Waals surface area contributed by atoms with Gasteiger partial charge in [-0.2, -0.15) is 0 Å². The third-order valence-electron chi connectivity index (χ3n) is 6.75. The van der Waals surface area contributed by atoms with Gasteiger partial charge < -0.3 is 18.9 Å². The van der Waals surface area contributed by atoms with Crippen LogP contribution in [0.4, 0.5) is 11.4 Å². The predicted octanol–water partition coefficient (Wildman–Crippen LogP) is 4.55. The van der Waals surface area contributed by atoms with E-state index in [1.54, 1.807) is 48.6 Å². The monoisotopic (exact) mass is 518 g/mol. The molecule has 0 N–H and O–H groups in total. The Kier molecular flexibility index (Phi) is 7.11. The molecule has 0 aliphatic carbocycles. The van der Waals surface area contributed by atoms with Gasteiger partial charge in [-0.15, -0.1) is 0 Å². The molecule has 3 unspecified atom stereocenters. The number of hydroxylamine groups is 1. The number of para-hydroxylation sites is 1. The van der Waals surface area contributed by atoms with Crippen LogP contribution in [0.1, 0.15) is 24.9 Å². The zero-order chi connectivity index (χ0) is 26.8. The maximum absolute atomic E-state index is 14.0. The van der Waals surface area contributed by atoms with Gasteiger partial charge >= 0.3 is 0 Å². The van der Waals surface area contributed by atoms with Crippen LogP contribution in [-0.2, 0) is 14.4 Å². The van der Waals surface area contributed by atoms with E-state index in [9.17, 15) is 9.59 Å². The molecule has 2 heterocycles. The first kappa shape index (κ1) is 25.4. The molecular formula is C29H30N2O7. The number of benzene rings is 3. The second-order valence-electron chi connectivity index (χ2n) is 8.96. The summed E-state index contributed by atoms with van der Waals surface area (Å²) in [6.45, 7) is 2.61. The molecule has 2 amide bonds. The molecule has 0 saturated carbocycles. The molecule has 2 fully saturated rings. The number of nitrogens with zero attached hydrogens (tertiary/aromatic N) is 2. The van der Waals surface area contributed by atoms with Gasteiger partial charge in [-0.1, -0.05) is 25.1 Å². The maximum atomic E-state index is 14.0. The quantitative estimate of drug-likeness (QED) is 0.382. The first-order chi connectivity index (χ1) is 18.5. The lowest BCUT2D eigenvalue weighted by Gasteiger charge is -2.30. The molecule has 0 bridgehead atoms. The minimum atomic E-state index is -1.01. The highest BCUT2D eigenvalue weighted by Crippen LogP contribution is 2.51. The molecule has 9 nitrogen and oxygen atoms in total. The van der Waals surface area contributed by atoms with Crippen molar-refractivity contribution in [3.05, 3.63) is 72.3 Å². The van der Waals surface area contributed by atoms with E-state index < -0.39 is 24.0 Å². The summed E-state index contributed by atoms with van der Waals surface area (Å²) in [6.07, 6.45) is -0.133. The van der Waals surface area contributed by atoms with E-state index in [1.807, 2.05) is 37.3 Å². The van der Waals surface area contributed by atoms with Crippen LogP contribution in [0.2, 0.25) is 0 Å². The topological polar surface area (TPSA) is 86.8 Å². The highest BCUT2D eigenvalue weighted by molar-refractivity contribution is 6.24. The number of rotatable bonds is 9. The molecular weight excluding hydrogens is 488 g/mol. The van der Waals surface area contributed by atoms with Gasteiger partial charge in [-0.25, -0.2) is 9.96 Å². The summed E-state index contributed by atoms with van der Waals surface area (Å²) in [5.74, 6) is 0.494. The largest absolute Gasteiger partial charge is 0.496 e. The average Bonchev–Trinajstić information content (AvgIpc) is 3.47. The third kappa shape index (κ3) is 4.28. The summed E-state index contributed by atoms with van der Waals surface area (Å²) in [6, 6.07) is 19.1. The zero-order valence-corrected chi connectivity index (χ0v) is 21.7. The second kappa shape index (κ2) is 10.6. The van der Waals surface area contributed by atoms with Gasteiger partial charge in [0.2, 0.25) is 5.91 Å². The van der Waals surface area contributed by atoms with Crippen molar-refractivity contribution < 1.29 is 33.4 Å². The lowest BCUT2D eigenvalue weighted by molar-refractivity contribution is -0.126. The SMILES string of the molecule is CCCOc1ccc(N2C(=O)C3ON(c4ccccc4)C(c4cc(OC)c(OC)cc4OC)C3C2=O)cc1. The van der Waals surface area contributed by atoms with E-state index in [-0.39, 0.29) is 5.91 Å². The Morgan fingerprint density at radius 3 is 2.08 bits per heavy atom. The number of anilines is 2. The normalized spacial score (nSPS) is 20.5. The highest BCUT2D eigenvalue weighted by Gasteiger charge is 2.61. The lowest BCUT2D eigenvalue weighted by Crippen LogP contribution is -2.37. The Morgan fingerprint density at radius 2 is 1.45 bits per heavy atom. The van der Waals surface area contributed by atoms with Gasteiger partial charge in [0.15, 0.2) is 17.6 Å². The van der Waals surface area contributed by atoms with E-state index in [1.165, 1.54) is 19.1 Å². The van der Waals surface area contributed by atoms with E-state index in [4.69, 9.17) is 23.8 Å². The molecule has 3 aromatic carbocycles. The predicted molar refractivity (Wildman–Crippen MR) is 141 cm³/mol. The molecule has 38 heavy (non-hydrogen) atoms. The van der Waals surface area contributed by atoms with Crippen molar-refractivity contribution >= 4 is 23.2 Å². The first-order valence-corrected chi connectivity index (χ1v) is 12.4. The summed E-state index contributed by atoms with van der Waals surface area (Å²) in [7, 11) is 4.62. The molecule has 3 atom stereocenters. The minimum absolute atomic E-state index is 0.359. The number of ether oxygens (including phenoxy) is 4. The number of amides is 2. The smallest absolute Gasteiger partial charge is 0.266 e. The van der Waals surface area contributed by atoms with Gasteiger partial charge in [0.05, 0.1) is 39.3 Å². The summed E-state index contributed by atoms with van der Waals surface area (Å²) >= 11 is 0. The molecule has 0 radical (unpaired) electrons. The fourth-order valence-corrected chi connectivity index (χ4v) is 4.98. The molecule has 2 aliphatic heterocycles. The first-order valence-electron chi connectivity index (χ1n) is 12.4. The summed E-state index contributed by atoms with van der Waals surface area (Å²) in [5.41, 5.74) is 1.80. The number of imide groups is 1. The van der Waals surface area contributed by atoms with Crippen molar-refractivity contribution in [2.24, 2.45) is 5.92 Å². The van der Waals surface area contributed by atoms with Crippen molar-refractivity contribution in [3.63, 3.8) is 0 Å². The molecule has 9 heteroatoms. The molecule has 3 aromatic rings. The molecule has 198 valence electrons. The van der Waals surface area contributed by atoms with Crippen LogP contribution in [0, 0.1) is 5.92 Å². The van der Waals surface area contributed by atoms with Crippen molar-refractivity contribution in [2.45, 2.75) is 25.5 Å². The van der Waals surface area contributed by atoms with E-state index in [2.05, 4.69) is 0 Å².